The van der Waals surface area contributed by atoms with Gasteiger partial charge in [0.15, 0.2) is 4.98 Å². The molecule has 1 aromatic rings. The second-order valence-electron chi connectivity index (χ2n) is 4.00. The lowest BCUT2D eigenvalue weighted by Crippen LogP contribution is -2.28. The number of benzene rings is 1. The van der Waals surface area contributed by atoms with Crippen molar-refractivity contribution in [2.24, 2.45) is 0 Å². The van der Waals surface area contributed by atoms with Gasteiger partial charge in [0.1, 0.15) is 5.69 Å². The largest absolute Gasteiger partial charge is 0.408 e. The Labute approximate surface area is 101 Å². The molecule has 0 aromatic heterocycles. The van der Waals surface area contributed by atoms with Gasteiger partial charge >= 0.3 is 5.69 Å². The van der Waals surface area contributed by atoms with Gasteiger partial charge in [-0.05, 0) is 19.9 Å². The van der Waals surface area contributed by atoms with Crippen molar-refractivity contribution in [1.29, 1.82) is 5.39 Å². The number of para-hydroxylation sites is 1. The minimum Gasteiger partial charge on any atom is -0.302 e. The molecule has 0 fully saturated rings. The molecule has 0 aliphatic rings. The lowest BCUT2D eigenvalue weighted by molar-refractivity contribution is -0.116. The normalized spacial score (nSPS) is 9.29. The van der Waals surface area contributed by atoms with E-state index in [9.17, 15) is 4.79 Å². The maximum Gasteiger partial charge on any atom is 0.408 e. The van der Waals surface area contributed by atoms with Gasteiger partial charge in [-0.15, -0.1) is 0 Å². The average Bonchev–Trinajstić information content (AvgIpc) is 2.29. The number of hydrogen-bond acceptors (Lipinski definition) is 2. The van der Waals surface area contributed by atoms with Crippen LogP contribution < -0.4 is 4.90 Å². The molecule has 0 N–H and O–H groups in total. The van der Waals surface area contributed by atoms with E-state index in [0.29, 0.717) is 17.9 Å². The highest BCUT2D eigenvalue weighted by Gasteiger charge is 2.20. The van der Waals surface area contributed by atoms with Gasteiger partial charge in [-0.25, -0.2) is 0 Å². The number of carbonyl (C=O) groups excluding carboxylic acids is 1. The number of hydrogen-bond donors (Lipinski definition) is 0. The first kappa shape index (κ1) is 12.9. The molecule has 0 spiro atoms. The Bertz CT molecular complexity index is 482. The van der Waals surface area contributed by atoms with Gasteiger partial charge in [0.2, 0.25) is 11.3 Å². The molecular formula is C13H16N3O+. The van der Waals surface area contributed by atoms with Crippen LogP contribution in [0.1, 0.15) is 20.8 Å². The molecule has 0 bridgehead atoms. The van der Waals surface area contributed by atoms with Crippen LogP contribution in [-0.2, 0) is 4.79 Å². The van der Waals surface area contributed by atoms with Crippen molar-refractivity contribution in [3.63, 3.8) is 0 Å². The minimum atomic E-state index is -0.0846. The zero-order chi connectivity index (χ0) is 12.8. The summed E-state index contributed by atoms with van der Waals surface area (Å²) in [6, 6.07) is 6.99. The van der Waals surface area contributed by atoms with E-state index in [1.807, 2.05) is 26.0 Å². The summed E-state index contributed by atoms with van der Waals surface area (Å²) >= 11 is 0. The van der Waals surface area contributed by atoms with Crippen LogP contribution in [0.15, 0.2) is 35.9 Å². The van der Waals surface area contributed by atoms with E-state index in [2.05, 4.69) is 4.98 Å². The van der Waals surface area contributed by atoms with Crippen LogP contribution in [0.3, 0.4) is 0 Å². The predicted molar refractivity (Wildman–Crippen MR) is 68.6 cm³/mol. The van der Waals surface area contributed by atoms with Crippen molar-refractivity contribution in [3.8, 4) is 0 Å². The summed E-state index contributed by atoms with van der Waals surface area (Å²) in [7, 11) is 0. The Morgan fingerprint density at radius 1 is 1.35 bits per heavy atom. The Kier molecular flexibility index (Phi) is 4.41. The van der Waals surface area contributed by atoms with Crippen molar-refractivity contribution in [1.82, 2.24) is 0 Å². The molecule has 0 aliphatic heterocycles. The smallest absolute Gasteiger partial charge is 0.302 e. The van der Waals surface area contributed by atoms with E-state index >= 15 is 0 Å². The Morgan fingerprint density at radius 2 is 2.00 bits per heavy atom. The molecule has 1 amide bonds. The van der Waals surface area contributed by atoms with Gasteiger partial charge in [0.05, 0.1) is 0 Å². The molecule has 0 aliphatic carbocycles. The van der Waals surface area contributed by atoms with Crippen LogP contribution in [-0.4, -0.2) is 12.5 Å². The Balaban J connectivity index is 3.11. The van der Waals surface area contributed by atoms with E-state index in [-0.39, 0.29) is 5.91 Å². The topological polar surface area (TPSA) is 48.5 Å². The summed E-state index contributed by atoms with van der Waals surface area (Å²) in [4.78, 5) is 16.4. The van der Waals surface area contributed by atoms with E-state index < -0.39 is 0 Å². The summed E-state index contributed by atoms with van der Waals surface area (Å²) in [5, 5.41) is 8.90. The second kappa shape index (κ2) is 5.80. The maximum atomic E-state index is 11.6. The van der Waals surface area contributed by atoms with Gasteiger partial charge < -0.3 is 4.90 Å². The summed E-state index contributed by atoms with van der Waals surface area (Å²) in [5.41, 5.74) is 2.14. The van der Waals surface area contributed by atoms with Crippen molar-refractivity contribution in [3.05, 3.63) is 40.9 Å². The van der Waals surface area contributed by atoms with Crippen molar-refractivity contribution in [2.45, 2.75) is 20.8 Å². The molecule has 0 saturated carbocycles. The number of carbonyl (C=O) groups is 1. The van der Waals surface area contributed by atoms with Crippen LogP contribution in [0.5, 0.6) is 0 Å². The molecule has 1 aromatic carbocycles. The average molecular weight is 230 g/mol. The lowest BCUT2D eigenvalue weighted by Gasteiger charge is -2.17. The van der Waals surface area contributed by atoms with E-state index in [1.165, 1.54) is 6.92 Å². The fourth-order valence-corrected chi connectivity index (χ4v) is 1.45. The molecule has 0 saturated heterocycles. The Hall–Kier alpha value is -2.15. The highest BCUT2D eigenvalue weighted by molar-refractivity contribution is 5.95. The van der Waals surface area contributed by atoms with Crippen molar-refractivity contribution in [2.75, 3.05) is 11.4 Å². The van der Waals surface area contributed by atoms with Gasteiger partial charge in [-0.3, -0.25) is 4.79 Å². The molecule has 0 radical (unpaired) electrons. The van der Waals surface area contributed by atoms with Crippen LogP contribution in [0.2, 0.25) is 0 Å². The molecule has 4 nitrogen and oxygen atoms in total. The molecule has 1 rings (SSSR count). The van der Waals surface area contributed by atoms with Gasteiger partial charge in [-0.1, -0.05) is 23.8 Å². The third-order valence-corrected chi connectivity index (χ3v) is 2.34. The molecule has 4 heteroatoms. The monoisotopic (exact) mass is 230 g/mol. The van der Waals surface area contributed by atoms with E-state index in [1.54, 1.807) is 23.1 Å². The molecule has 88 valence electrons. The zero-order valence-corrected chi connectivity index (χ0v) is 10.3. The standard InChI is InChI=1S/C13H16N3O/c1-10(2)8-9-16(11(3)17)13-7-5-4-6-12(13)15-14/h4-8H,9H2,1-3H3/q+1. The molecule has 0 unspecified atom stereocenters. The van der Waals surface area contributed by atoms with Crippen LogP contribution in [0, 0.1) is 5.39 Å². The third-order valence-electron chi connectivity index (χ3n) is 2.34. The number of diazo groups is 1. The first-order valence-corrected chi connectivity index (χ1v) is 5.42. The minimum absolute atomic E-state index is 0.0846. The van der Waals surface area contributed by atoms with E-state index in [4.69, 9.17) is 5.39 Å². The zero-order valence-electron chi connectivity index (χ0n) is 10.3. The van der Waals surface area contributed by atoms with Crippen molar-refractivity contribution >= 4 is 17.3 Å². The SMILES string of the molecule is CC(=O)N(CC=C(C)C)c1ccccc1[N+]#N. The highest BCUT2D eigenvalue weighted by Crippen LogP contribution is 2.28. The van der Waals surface area contributed by atoms with Crippen LogP contribution in [0.4, 0.5) is 11.4 Å². The maximum absolute atomic E-state index is 11.6. The molecular weight excluding hydrogens is 214 g/mol. The summed E-state index contributed by atoms with van der Waals surface area (Å²) < 4.78 is 0. The molecule has 0 atom stereocenters. The fourth-order valence-electron chi connectivity index (χ4n) is 1.45. The van der Waals surface area contributed by atoms with Crippen molar-refractivity contribution < 1.29 is 4.79 Å². The first-order chi connectivity index (χ1) is 8.06. The summed E-state index contributed by atoms with van der Waals surface area (Å²) in [5.74, 6) is -0.0846. The number of nitrogens with zero attached hydrogens (tertiary/aromatic N) is 3. The first-order valence-electron chi connectivity index (χ1n) is 5.42. The second-order valence-corrected chi connectivity index (χ2v) is 4.00. The highest BCUT2D eigenvalue weighted by atomic mass is 16.2. The van der Waals surface area contributed by atoms with Crippen LogP contribution in [0.25, 0.3) is 4.98 Å². The fraction of sp³-hybridized carbons (Fsp3) is 0.308. The van der Waals surface area contributed by atoms with Gasteiger partial charge in [0, 0.05) is 19.5 Å². The van der Waals surface area contributed by atoms with Gasteiger partial charge in [-0.2, -0.15) is 0 Å². The molecule has 17 heavy (non-hydrogen) atoms. The summed E-state index contributed by atoms with van der Waals surface area (Å²) in [6.45, 7) is 5.92. The van der Waals surface area contributed by atoms with E-state index in [0.717, 1.165) is 5.57 Å². The predicted octanol–water partition coefficient (Wildman–Crippen LogP) is 3.49. The number of rotatable bonds is 3. The number of anilines is 1. The third kappa shape index (κ3) is 3.42. The number of amides is 1. The van der Waals surface area contributed by atoms with Crippen LogP contribution >= 0.6 is 0 Å². The summed E-state index contributed by atoms with van der Waals surface area (Å²) in [6.07, 6.45) is 1.95. The molecule has 0 heterocycles. The quantitative estimate of drug-likeness (QED) is 0.589. The van der Waals surface area contributed by atoms with Gasteiger partial charge in [0.25, 0.3) is 0 Å². The number of allylic oxidation sites excluding steroid dienone is 1. The Morgan fingerprint density at radius 3 is 2.53 bits per heavy atom. The lowest BCUT2D eigenvalue weighted by atomic mass is 10.2.